The Kier molecular flexibility index (Phi) is 4.24. The third-order valence-corrected chi connectivity index (χ3v) is 3.97. The van der Waals surface area contributed by atoms with Crippen molar-refractivity contribution in [3.05, 3.63) is 47.2 Å². The average molecular weight is 330 g/mol. The molecule has 2 aromatic heterocycles. The molecule has 6 nitrogen and oxygen atoms in total. The summed E-state index contributed by atoms with van der Waals surface area (Å²) in [5, 5.41) is 7.65. The standard InChI is InChI=1S/C17H19FN4O2/c1-10-12(13-6-4-5-7-14(13)20-10)8-9-19-17(23)24-15-11(2)21-22(3)16(15)18/h4-7,20H,8-9H2,1-3H3,(H,19,23). The number of fused-ring (bicyclic) bond motifs is 1. The second-order valence-corrected chi connectivity index (χ2v) is 5.67. The number of aromatic nitrogens is 3. The predicted molar refractivity (Wildman–Crippen MR) is 88.7 cm³/mol. The van der Waals surface area contributed by atoms with E-state index in [1.165, 1.54) is 7.05 Å². The molecule has 0 radical (unpaired) electrons. The maximum Gasteiger partial charge on any atom is 0.412 e. The molecule has 0 saturated heterocycles. The summed E-state index contributed by atoms with van der Waals surface area (Å²) in [7, 11) is 1.45. The lowest BCUT2D eigenvalue weighted by Crippen LogP contribution is -2.29. The summed E-state index contributed by atoms with van der Waals surface area (Å²) in [4.78, 5) is 15.2. The molecule has 1 amide bonds. The molecule has 1 aromatic carbocycles. The summed E-state index contributed by atoms with van der Waals surface area (Å²) in [6.07, 6.45) is -0.0399. The monoisotopic (exact) mass is 330 g/mol. The van der Waals surface area contributed by atoms with Crippen molar-refractivity contribution in [1.82, 2.24) is 20.1 Å². The molecule has 0 atom stereocenters. The number of carbonyl (C=O) groups is 1. The van der Waals surface area contributed by atoms with Gasteiger partial charge in [0.05, 0.1) is 0 Å². The summed E-state index contributed by atoms with van der Waals surface area (Å²) in [5.74, 6) is -0.812. The van der Waals surface area contributed by atoms with Gasteiger partial charge in [0, 0.05) is 30.2 Å². The molecule has 126 valence electrons. The molecular formula is C17H19FN4O2. The Morgan fingerprint density at radius 3 is 2.83 bits per heavy atom. The van der Waals surface area contributed by atoms with Gasteiger partial charge in [-0.15, -0.1) is 0 Å². The molecule has 0 aliphatic carbocycles. The van der Waals surface area contributed by atoms with E-state index in [1.54, 1.807) is 6.92 Å². The molecule has 0 spiro atoms. The third kappa shape index (κ3) is 2.97. The minimum absolute atomic E-state index is 0.140. The van der Waals surface area contributed by atoms with Gasteiger partial charge in [-0.25, -0.2) is 9.48 Å². The van der Waals surface area contributed by atoms with Crippen LogP contribution in [0.25, 0.3) is 10.9 Å². The molecule has 0 fully saturated rings. The van der Waals surface area contributed by atoms with E-state index < -0.39 is 12.0 Å². The fraction of sp³-hybridized carbons (Fsp3) is 0.294. The number of benzene rings is 1. The lowest BCUT2D eigenvalue weighted by atomic mass is 10.1. The van der Waals surface area contributed by atoms with E-state index in [4.69, 9.17) is 4.74 Å². The smallest absolute Gasteiger partial charge is 0.403 e. The molecule has 0 saturated carbocycles. The topological polar surface area (TPSA) is 71.9 Å². The number of nitrogens with one attached hydrogen (secondary N) is 2. The highest BCUT2D eigenvalue weighted by molar-refractivity contribution is 5.84. The Morgan fingerprint density at radius 1 is 1.38 bits per heavy atom. The Labute approximate surface area is 138 Å². The van der Waals surface area contributed by atoms with Crippen LogP contribution in [-0.2, 0) is 13.5 Å². The highest BCUT2D eigenvalue weighted by Crippen LogP contribution is 2.22. The Balaban J connectivity index is 1.61. The summed E-state index contributed by atoms with van der Waals surface area (Å²) >= 11 is 0. The largest absolute Gasteiger partial charge is 0.412 e. The lowest BCUT2D eigenvalue weighted by Gasteiger charge is -2.06. The Morgan fingerprint density at radius 2 is 2.12 bits per heavy atom. The molecule has 24 heavy (non-hydrogen) atoms. The van der Waals surface area contributed by atoms with Gasteiger partial charge < -0.3 is 15.0 Å². The number of carbonyl (C=O) groups excluding carboxylic acids is 1. The average Bonchev–Trinajstić information content (AvgIpc) is 2.98. The number of aryl methyl sites for hydroxylation is 3. The number of hydrogen-bond donors (Lipinski definition) is 2. The second-order valence-electron chi connectivity index (χ2n) is 5.67. The number of para-hydroxylation sites is 1. The first-order chi connectivity index (χ1) is 11.5. The predicted octanol–water partition coefficient (Wildman–Crippen LogP) is 2.99. The van der Waals surface area contributed by atoms with Crippen molar-refractivity contribution < 1.29 is 13.9 Å². The number of amides is 1. The fourth-order valence-corrected chi connectivity index (χ4v) is 2.80. The van der Waals surface area contributed by atoms with Gasteiger partial charge in [-0.05, 0) is 31.9 Å². The zero-order chi connectivity index (χ0) is 17.3. The zero-order valence-corrected chi connectivity index (χ0v) is 13.8. The van der Waals surface area contributed by atoms with Crippen LogP contribution in [0.15, 0.2) is 24.3 Å². The van der Waals surface area contributed by atoms with E-state index in [9.17, 15) is 9.18 Å². The van der Waals surface area contributed by atoms with E-state index in [1.807, 2.05) is 31.2 Å². The zero-order valence-electron chi connectivity index (χ0n) is 13.8. The molecule has 3 aromatic rings. The van der Waals surface area contributed by atoms with Crippen LogP contribution in [0.4, 0.5) is 9.18 Å². The van der Waals surface area contributed by atoms with Crippen molar-refractivity contribution in [3.63, 3.8) is 0 Å². The van der Waals surface area contributed by atoms with E-state index in [0.717, 1.165) is 26.8 Å². The van der Waals surface area contributed by atoms with Crippen LogP contribution in [0.3, 0.4) is 0 Å². The van der Waals surface area contributed by atoms with E-state index in [2.05, 4.69) is 15.4 Å². The Hall–Kier alpha value is -2.83. The minimum Gasteiger partial charge on any atom is -0.403 e. The first-order valence-corrected chi connectivity index (χ1v) is 7.68. The maximum absolute atomic E-state index is 13.7. The number of halogens is 1. The molecule has 2 heterocycles. The van der Waals surface area contributed by atoms with Crippen molar-refractivity contribution in [2.24, 2.45) is 7.05 Å². The van der Waals surface area contributed by atoms with E-state index in [-0.39, 0.29) is 5.75 Å². The van der Waals surface area contributed by atoms with Crippen LogP contribution in [0.1, 0.15) is 17.0 Å². The van der Waals surface area contributed by atoms with Gasteiger partial charge in [0.25, 0.3) is 5.95 Å². The number of aromatic amines is 1. The van der Waals surface area contributed by atoms with Crippen LogP contribution in [0.2, 0.25) is 0 Å². The second kappa shape index (κ2) is 6.35. The van der Waals surface area contributed by atoms with Crippen molar-refractivity contribution >= 4 is 17.0 Å². The van der Waals surface area contributed by atoms with Crippen LogP contribution < -0.4 is 10.1 Å². The first-order valence-electron chi connectivity index (χ1n) is 7.68. The van der Waals surface area contributed by atoms with Crippen LogP contribution >= 0.6 is 0 Å². The number of hydrogen-bond acceptors (Lipinski definition) is 3. The van der Waals surface area contributed by atoms with E-state index >= 15 is 0 Å². The van der Waals surface area contributed by atoms with Crippen LogP contribution in [0.5, 0.6) is 5.75 Å². The van der Waals surface area contributed by atoms with Crippen molar-refractivity contribution in [2.45, 2.75) is 20.3 Å². The molecule has 7 heteroatoms. The highest BCUT2D eigenvalue weighted by Gasteiger charge is 2.18. The molecule has 3 rings (SSSR count). The molecule has 0 aliphatic heterocycles. The molecule has 0 unspecified atom stereocenters. The normalized spacial score (nSPS) is 11.0. The van der Waals surface area contributed by atoms with Crippen LogP contribution in [0, 0.1) is 19.8 Å². The van der Waals surface area contributed by atoms with Crippen molar-refractivity contribution in [1.29, 1.82) is 0 Å². The minimum atomic E-state index is -0.692. The van der Waals surface area contributed by atoms with Gasteiger partial charge in [0.1, 0.15) is 5.69 Å². The van der Waals surface area contributed by atoms with Gasteiger partial charge >= 0.3 is 6.09 Å². The lowest BCUT2D eigenvalue weighted by molar-refractivity contribution is 0.198. The summed E-state index contributed by atoms with van der Waals surface area (Å²) in [6.45, 7) is 3.98. The first kappa shape index (κ1) is 16.0. The molecule has 0 aliphatic rings. The van der Waals surface area contributed by atoms with Crippen molar-refractivity contribution in [3.8, 4) is 5.75 Å². The highest BCUT2D eigenvalue weighted by atomic mass is 19.1. The van der Waals surface area contributed by atoms with Gasteiger partial charge in [-0.1, -0.05) is 18.2 Å². The van der Waals surface area contributed by atoms with Gasteiger partial charge in [0.15, 0.2) is 0 Å². The Bertz CT molecular complexity index is 898. The van der Waals surface area contributed by atoms with Gasteiger partial charge in [0.2, 0.25) is 5.75 Å². The molecular weight excluding hydrogens is 311 g/mol. The summed E-state index contributed by atoms with van der Waals surface area (Å²) < 4.78 is 19.8. The van der Waals surface area contributed by atoms with E-state index in [0.29, 0.717) is 18.7 Å². The SMILES string of the molecule is Cc1nn(C)c(F)c1OC(=O)NCCc1c(C)[nH]c2ccccc12. The number of H-pyrrole nitrogens is 1. The summed E-state index contributed by atoms with van der Waals surface area (Å²) in [5.41, 5.74) is 3.62. The number of nitrogens with zero attached hydrogens (tertiary/aromatic N) is 2. The molecule has 0 bridgehead atoms. The van der Waals surface area contributed by atoms with Gasteiger partial charge in [-0.2, -0.15) is 9.49 Å². The quantitative estimate of drug-likeness (QED) is 0.772. The van der Waals surface area contributed by atoms with Gasteiger partial charge in [-0.3, -0.25) is 0 Å². The maximum atomic E-state index is 13.7. The molecule has 2 N–H and O–H groups in total. The van der Waals surface area contributed by atoms with Crippen molar-refractivity contribution in [2.75, 3.05) is 6.54 Å². The number of ether oxygens (including phenoxy) is 1. The fourth-order valence-electron chi connectivity index (χ4n) is 2.80. The number of rotatable bonds is 4. The summed E-state index contributed by atoms with van der Waals surface area (Å²) in [6, 6.07) is 8.01. The third-order valence-electron chi connectivity index (χ3n) is 3.97. The van der Waals surface area contributed by atoms with Crippen LogP contribution in [-0.4, -0.2) is 27.4 Å².